The fourth-order valence-corrected chi connectivity index (χ4v) is 4.72. The topological polar surface area (TPSA) is 45.2 Å². The Morgan fingerprint density at radius 1 is 1.20 bits per heavy atom. The number of nitrogens with zero attached hydrogens (tertiary/aromatic N) is 2. The molecule has 0 amide bonds. The first-order valence-electron chi connectivity index (χ1n) is 9.55. The molecule has 1 aromatic carbocycles. The highest BCUT2D eigenvalue weighted by molar-refractivity contribution is 5.43. The molecule has 2 atom stereocenters. The Balaban J connectivity index is 1.46. The van der Waals surface area contributed by atoms with Crippen LogP contribution in [-0.4, -0.2) is 66.9 Å². The number of piperidine rings is 1. The van der Waals surface area contributed by atoms with Crippen LogP contribution in [0.4, 0.5) is 0 Å². The average molecular weight is 346 g/mol. The molecule has 0 bridgehead atoms. The number of likely N-dealkylation sites (tertiary alicyclic amines) is 2. The largest absolute Gasteiger partial charge is 0.486 e. The summed E-state index contributed by atoms with van der Waals surface area (Å²) in [5, 5.41) is 10.2. The zero-order chi connectivity index (χ0) is 17.4. The molecule has 25 heavy (non-hydrogen) atoms. The van der Waals surface area contributed by atoms with Crippen molar-refractivity contribution < 1.29 is 14.6 Å². The summed E-state index contributed by atoms with van der Waals surface area (Å²) in [4.78, 5) is 5.04. The van der Waals surface area contributed by atoms with E-state index < -0.39 is 0 Å². The summed E-state index contributed by atoms with van der Waals surface area (Å²) in [6.07, 6.45) is 1.17. The maximum Gasteiger partial charge on any atom is 0.161 e. The van der Waals surface area contributed by atoms with E-state index in [1.807, 2.05) is 6.07 Å². The van der Waals surface area contributed by atoms with E-state index in [-0.39, 0.29) is 5.41 Å². The Kier molecular flexibility index (Phi) is 4.65. The van der Waals surface area contributed by atoms with E-state index in [2.05, 4.69) is 35.8 Å². The molecule has 5 heteroatoms. The van der Waals surface area contributed by atoms with E-state index in [0.717, 1.165) is 44.2 Å². The van der Waals surface area contributed by atoms with Crippen LogP contribution in [0, 0.1) is 11.3 Å². The summed E-state index contributed by atoms with van der Waals surface area (Å²) < 4.78 is 11.3. The van der Waals surface area contributed by atoms with Crippen LogP contribution >= 0.6 is 0 Å². The molecule has 5 nitrogen and oxygen atoms in total. The Hall–Kier alpha value is -1.30. The Morgan fingerprint density at radius 2 is 2.00 bits per heavy atom. The van der Waals surface area contributed by atoms with Gasteiger partial charge < -0.3 is 14.6 Å². The van der Waals surface area contributed by atoms with Crippen molar-refractivity contribution in [3.8, 4) is 11.5 Å². The van der Waals surface area contributed by atoms with Crippen molar-refractivity contribution in [3.05, 3.63) is 23.8 Å². The normalized spacial score (nSPS) is 29.8. The van der Waals surface area contributed by atoms with Crippen LogP contribution in [0.3, 0.4) is 0 Å². The monoisotopic (exact) mass is 346 g/mol. The van der Waals surface area contributed by atoms with Gasteiger partial charge in [-0.25, -0.2) is 0 Å². The minimum absolute atomic E-state index is 0.0380. The van der Waals surface area contributed by atoms with Gasteiger partial charge in [-0.3, -0.25) is 9.80 Å². The SMILES string of the molecule is CC(C)N1C[C@@H]2CCN(Cc3ccc4c(c3)OCCO4)C[C@]2(CO)C1. The second-order valence-electron chi connectivity index (χ2n) is 8.22. The van der Waals surface area contributed by atoms with Gasteiger partial charge in [0.25, 0.3) is 0 Å². The molecule has 3 heterocycles. The van der Waals surface area contributed by atoms with Crippen molar-refractivity contribution in [2.45, 2.75) is 32.9 Å². The molecule has 0 spiro atoms. The third-order valence-electron chi connectivity index (χ3n) is 6.23. The maximum absolute atomic E-state index is 10.2. The Labute approximate surface area is 150 Å². The van der Waals surface area contributed by atoms with Crippen LogP contribution in [-0.2, 0) is 6.54 Å². The maximum atomic E-state index is 10.2. The van der Waals surface area contributed by atoms with Gasteiger partial charge in [0.15, 0.2) is 11.5 Å². The zero-order valence-electron chi connectivity index (χ0n) is 15.4. The van der Waals surface area contributed by atoms with Crippen molar-refractivity contribution in [2.24, 2.45) is 11.3 Å². The molecule has 4 rings (SSSR count). The molecule has 3 aliphatic rings. The molecule has 0 unspecified atom stereocenters. The summed E-state index contributed by atoms with van der Waals surface area (Å²) in [6.45, 7) is 11.2. The van der Waals surface area contributed by atoms with E-state index in [0.29, 0.717) is 31.8 Å². The first kappa shape index (κ1) is 17.1. The van der Waals surface area contributed by atoms with Crippen LogP contribution in [0.5, 0.6) is 11.5 Å². The average Bonchev–Trinajstić information content (AvgIpc) is 3.01. The number of benzene rings is 1. The van der Waals surface area contributed by atoms with E-state index in [1.165, 1.54) is 12.0 Å². The van der Waals surface area contributed by atoms with Gasteiger partial charge in [-0.15, -0.1) is 0 Å². The van der Waals surface area contributed by atoms with Crippen molar-refractivity contribution in [1.82, 2.24) is 9.80 Å². The van der Waals surface area contributed by atoms with Crippen LogP contribution in [0.25, 0.3) is 0 Å². The lowest BCUT2D eigenvalue weighted by Crippen LogP contribution is -2.50. The predicted octanol–water partition coefficient (Wildman–Crippen LogP) is 1.98. The second-order valence-corrected chi connectivity index (χ2v) is 8.22. The number of ether oxygens (including phenoxy) is 2. The molecule has 0 radical (unpaired) electrons. The van der Waals surface area contributed by atoms with Crippen LogP contribution in [0.15, 0.2) is 18.2 Å². The van der Waals surface area contributed by atoms with Gasteiger partial charge in [-0.2, -0.15) is 0 Å². The minimum Gasteiger partial charge on any atom is -0.486 e. The number of aliphatic hydroxyl groups is 1. The molecular weight excluding hydrogens is 316 g/mol. The number of hydrogen-bond donors (Lipinski definition) is 1. The summed E-state index contributed by atoms with van der Waals surface area (Å²) in [7, 11) is 0. The van der Waals surface area contributed by atoms with Crippen molar-refractivity contribution >= 4 is 0 Å². The second kappa shape index (κ2) is 6.78. The first-order valence-corrected chi connectivity index (χ1v) is 9.55. The van der Waals surface area contributed by atoms with Gasteiger partial charge in [-0.05, 0) is 50.4 Å². The Morgan fingerprint density at radius 3 is 2.76 bits per heavy atom. The lowest BCUT2D eigenvalue weighted by Gasteiger charge is -2.43. The van der Waals surface area contributed by atoms with Crippen LogP contribution in [0.1, 0.15) is 25.8 Å². The molecule has 3 aliphatic heterocycles. The van der Waals surface area contributed by atoms with Gasteiger partial charge in [0.2, 0.25) is 0 Å². The third-order valence-corrected chi connectivity index (χ3v) is 6.23. The summed E-state index contributed by atoms with van der Waals surface area (Å²) >= 11 is 0. The molecular formula is C20H30N2O3. The number of rotatable bonds is 4. The smallest absolute Gasteiger partial charge is 0.161 e. The highest BCUT2D eigenvalue weighted by Crippen LogP contribution is 2.43. The molecule has 138 valence electrons. The predicted molar refractivity (Wildman–Crippen MR) is 97.0 cm³/mol. The number of fused-ring (bicyclic) bond motifs is 2. The van der Waals surface area contributed by atoms with Gasteiger partial charge in [0, 0.05) is 37.6 Å². The van der Waals surface area contributed by atoms with E-state index in [1.54, 1.807) is 0 Å². The summed E-state index contributed by atoms with van der Waals surface area (Å²) in [6, 6.07) is 6.83. The van der Waals surface area contributed by atoms with E-state index in [4.69, 9.17) is 9.47 Å². The minimum atomic E-state index is 0.0380. The zero-order valence-corrected chi connectivity index (χ0v) is 15.4. The highest BCUT2D eigenvalue weighted by Gasteiger charge is 2.49. The van der Waals surface area contributed by atoms with Crippen molar-refractivity contribution in [1.29, 1.82) is 0 Å². The number of aliphatic hydroxyl groups excluding tert-OH is 1. The molecule has 0 aliphatic carbocycles. The molecule has 2 fully saturated rings. The molecule has 1 N–H and O–H groups in total. The van der Waals surface area contributed by atoms with Gasteiger partial charge in [-0.1, -0.05) is 6.07 Å². The Bertz CT molecular complexity index is 621. The van der Waals surface area contributed by atoms with Gasteiger partial charge in [0.1, 0.15) is 13.2 Å². The fraction of sp³-hybridized carbons (Fsp3) is 0.700. The first-order chi connectivity index (χ1) is 12.1. The van der Waals surface area contributed by atoms with Gasteiger partial charge >= 0.3 is 0 Å². The standard InChI is InChI=1S/C20H30N2O3/c1-15(2)22-11-17-5-6-21(12-20(17,13-22)14-23)10-16-3-4-18-19(9-16)25-8-7-24-18/h3-4,9,15,17,23H,5-8,10-14H2,1-2H3/t17-,20+/m0/s1. The van der Waals surface area contributed by atoms with Crippen molar-refractivity contribution in [2.75, 3.05) is 46.0 Å². The lowest BCUT2D eigenvalue weighted by atomic mass is 9.74. The summed E-state index contributed by atoms with van der Waals surface area (Å²) in [5.74, 6) is 2.34. The third kappa shape index (κ3) is 3.25. The fourth-order valence-electron chi connectivity index (χ4n) is 4.72. The summed E-state index contributed by atoms with van der Waals surface area (Å²) in [5.41, 5.74) is 1.30. The molecule has 2 saturated heterocycles. The quantitative estimate of drug-likeness (QED) is 0.903. The lowest BCUT2D eigenvalue weighted by molar-refractivity contribution is 0.00687. The van der Waals surface area contributed by atoms with Crippen LogP contribution < -0.4 is 9.47 Å². The van der Waals surface area contributed by atoms with E-state index in [9.17, 15) is 5.11 Å². The molecule has 1 aromatic rings. The van der Waals surface area contributed by atoms with Crippen LogP contribution in [0.2, 0.25) is 0 Å². The van der Waals surface area contributed by atoms with Crippen molar-refractivity contribution in [3.63, 3.8) is 0 Å². The van der Waals surface area contributed by atoms with E-state index >= 15 is 0 Å². The molecule has 0 aromatic heterocycles. The number of hydrogen-bond acceptors (Lipinski definition) is 5. The highest BCUT2D eigenvalue weighted by atomic mass is 16.6. The molecule has 0 saturated carbocycles. The van der Waals surface area contributed by atoms with Gasteiger partial charge in [0.05, 0.1) is 6.61 Å².